The van der Waals surface area contributed by atoms with E-state index in [2.05, 4.69) is 64.4 Å². The SMILES string of the molecule is CCC(=O)N1CCc2[nH]nc(C(=O)N3CCC(c4ccccc4C(F)(F)F)CC3)c2C1.CCC(=O)N1CCc2c(C(=O)N3CCC(c4ccccc4C(F)(F)F)CC3)n[nH]c2C1.CCCN1CCc2[nH]nc(C(=O)N3CCC(c4ccccc4C(F)(F)F)CC3)c2C1.CCCN1CCc2c(C(=O)N3CCC(c4ccccc4C(F)(F)F)CC3)n[nH]c2C1. The van der Waals surface area contributed by atoms with Crippen LogP contribution in [0.5, 0.6) is 0 Å². The first-order valence-electron chi connectivity index (χ1n) is 42.4. The highest BCUT2D eigenvalue weighted by atomic mass is 19.4. The zero-order chi connectivity index (χ0) is 87.0. The van der Waals surface area contributed by atoms with Crippen molar-refractivity contribution in [3.63, 3.8) is 0 Å². The highest BCUT2D eigenvalue weighted by molar-refractivity contribution is 5.96. The number of likely N-dealkylation sites (tertiary alicyclic amines) is 4. The van der Waals surface area contributed by atoms with Crippen LogP contribution in [0.3, 0.4) is 0 Å². The van der Waals surface area contributed by atoms with E-state index in [-0.39, 0.29) is 59.1 Å². The highest BCUT2D eigenvalue weighted by Crippen LogP contribution is 2.45. The maximum Gasteiger partial charge on any atom is 0.416 e. The lowest BCUT2D eigenvalue weighted by Gasteiger charge is -2.33. The molecule has 0 bridgehead atoms. The monoisotopic (exact) mass is 1710 g/mol. The van der Waals surface area contributed by atoms with E-state index < -0.39 is 47.0 Å². The molecule has 0 atom stereocenters. The molecule has 4 fully saturated rings. The van der Waals surface area contributed by atoms with Gasteiger partial charge in [0.2, 0.25) is 11.8 Å². The Labute approximate surface area is 699 Å². The summed E-state index contributed by atoms with van der Waals surface area (Å²) in [5, 5.41) is 28.9. The van der Waals surface area contributed by atoms with E-state index in [0.29, 0.717) is 201 Å². The first-order valence-corrected chi connectivity index (χ1v) is 42.4. The van der Waals surface area contributed by atoms with Crippen LogP contribution >= 0.6 is 0 Å². The molecule has 4 aromatic heterocycles. The van der Waals surface area contributed by atoms with Gasteiger partial charge in [0.05, 0.1) is 40.2 Å². The smallest absolute Gasteiger partial charge is 0.338 e. The lowest BCUT2D eigenvalue weighted by atomic mass is 9.86. The summed E-state index contributed by atoms with van der Waals surface area (Å²) < 4.78 is 160. The van der Waals surface area contributed by atoms with E-state index in [4.69, 9.17) is 0 Å². The molecule has 4 saturated heterocycles. The third-order valence-electron chi connectivity index (χ3n) is 25.0. The van der Waals surface area contributed by atoms with Gasteiger partial charge in [-0.1, -0.05) is 100 Å². The zero-order valence-corrected chi connectivity index (χ0v) is 68.9. The van der Waals surface area contributed by atoms with Gasteiger partial charge in [0.15, 0.2) is 22.8 Å². The van der Waals surface area contributed by atoms with Crippen LogP contribution in [0.1, 0.15) is 260 Å². The van der Waals surface area contributed by atoms with Gasteiger partial charge >= 0.3 is 24.7 Å². The Morgan fingerprint density at radius 3 is 0.902 bits per heavy atom. The van der Waals surface area contributed by atoms with Gasteiger partial charge in [0.25, 0.3) is 23.6 Å². The second-order valence-corrected chi connectivity index (χ2v) is 32.6. The summed E-state index contributed by atoms with van der Waals surface area (Å²) >= 11 is 0. The van der Waals surface area contributed by atoms with Crippen molar-refractivity contribution in [1.82, 2.24) is 80.0 Å². The summed E-state index contributed by atoms with van der Waals surface area (Å²) in [4.78, 5) is 91.3. The Kier molecular flexibility index (Phi) is 28.3. The Hall–Kier alpha value is -10.4. The number of carbonyl (C=O) groups excluding carboxylic acids is 6. The van der Waals surface area contributed by atoms with Gasteiger partial charge in [-0.15, -0.1) is 0 Å². The number of aromatic amines is 4. The number of rotatable bonds is 14. The number of benzene rings is 4. The molecule has 0 spiro atoms. The summed E-state index contributed by atoms with van der Waals surface area (Å²) in [6.07, 6.45) is -7.70. The van der Waals surface area contributed by atoms with Crippen molar-refractivity contribution in [2.75, 3.05) is 91.6 Å². The quantitative estimate of drug-likeness (QED) is 0.0743. The first-order chi connectivity index (χ1) is 58.3. The summed E-state index contributed by atoms with van der Waals surface area (Å²) in [5.41, 5.74) is 7.87. The number of halogens is 12. The van der Waals surface area contributed by atoms with Gasteiger partial charge in [-0.2, -0.15) is 73.1 Å². The molecule has 6 amide bonds. The molecular formula is C88H104F12N16O6. The van der Waals surface area contributed by atoms with Crippen molar-refractivity contribution >= 4 is 35.4 Å². The molecule has 8 aliphatic heterocycles. The topological polar surface area (TPSA) is 243 Å². The van der Waals surface area contributed by atoms with Crippen molar-refractivity contribution in [2.45, 2.75) is 205 Å². The van der Waals surface area contributed by atoms with E-state index in [9.17, 15) is 81.5 Å². The van der Waals surface area contributed by atoms with Gasteiger partial charge in [0.1, 0.15) is 0 Å². The van der Waals surface area contributed by atoms with Gasteiger partial charge in [-0.25, -0.2) is 0 Å². The van der Waals surface area contributed by atoms with Gasteiger partial charge < -0.3 is 29.4 Å². The van der Waals surface area contributed by atoms with Crippen molar-refractivity contribution < 1.29 is 81.5 Å². The predicted molar refractivity (Wildman–Crippen MR) is 429 cm³/mol. The molecule has 4 aromatic carbocycles. The van der Waals surface area contributed by atoms with Gasteiger partial charge in [0, 0.05) is 157 Å². The lowest BCUT2D eigenvalue weighted by Crippen LogP contribution is -2.40. The standard InChI is InChI=1S/2C22H25F3N4O2.2C22H27F3N4O/c1-2-19(30)29-12-9-18-16(13-29)20(27-26-18)21(31)28-10-7-14(8-11-28)15-5-3-4-6-17(15)22(23,24)25;1-2-19(30)29-12-9-16-18(13-29)26-27-20(16)21(31)28-10-7-14(8-11-28)15-5-3-4-6-17(15)22(23,24)25;1-2-10-28-11-9-19-17(14-28)20(27-26-19)21(30)29-12-7-15(8-13-29)16-5-3-4-6-18(16)22(23,24)25;1-2-10-28-11-9-17-19(14-28)26-27-20(17)21(30)29-12-7-15(8-13-29)16-5-3-4-6-18(16)22(23,24)25/h2*3-6,14H,2,7-13H2,1H3,(H,26,27);2*3-6,15H,2,7-14H2,1H3,(H,26,27). The van der Waals surface area contributed by atoms with Crippen LogP contribution in [0.2, 0.25) is 0 Å². The Morgan fingerprint density at radius 1 is 0.311 bits per heavy atom. The molecule has 656 valence electrons. The molecule has 16 rings (SSSR count). The van der Waals surface area contributed by atoms with E-state index in [1.165, 1.54) is 30.3 Å². The molecule has 8 aromatic rings. The number of nitrogens with zero attached hydrogens (tertiary/aromatic N) is 12. The van der Waals surface area contributed by atoms with Crippen LogP contribution < -0.4 is 0 Å². The van der Waals surface area contributed by atoms with E-state index >= 15 is 0 Å². The number of H-pyrrole nitrogens is 4. The summed E-state index contributed by atoms with van der Waals surface area (Å²) in [7, 11) is 0. The number of hydrogen-bond acceptors (Lipinski definition) is 12. The zero-order valence-electron chi connectivity index (χ0n) is 68.9. The predicted octanol–water partition coefficient (Wildman–Crippen LogP) is 15.9. The fraction of sp³-hybridized carbons (Fsp3) is 0.523. The number of hydrogen-bond donors (Lipinski definition) is 4. The van der Waals surface area contributed by atoms with E-state index in [1.807, 2.05) is 6.92 Å². The minimum atomic E-state index is -4.39. The van der Waals surface area contributed by atoms with Crippen LogP contribution in [0.25, 0.3) is 0 Å². The molecule has 12 heterocycles. The summed E-state index contributed by atoms with van der Waals surface area (Å²) in [5.74, 6) is -1.42. The minimum Gasteiger partial charge on any atom is -0.338 e. The largest absolute Gasteiger partial charge is 0.416 e. The van der Waals surface area contributed by atoms with Crippen LogP contribution in [0.15, 0.2) is 97.1 Å². The molecule has 122 heavy (non-hydrogen) atoms. The number of aromatic nitrogens is 8. The molecular weight excluding hydrogens is 1610 g/mol. The van der Waals surface area contributed by atoms with Crippen molar-refractivity contribution in [1.29, 1.82) is 0 Å². The average molecular weight is 1710 g/mol. The maximum atomic E-state index is 13.4. The fourth-order valence-electron chi connectivity index (χ4n) is 18.6. The molecule has 34 heteroatoms. The second kappa shape index (κ2) is 38.6. The van der Waals surface area contributed by atoms with E-state index in [0.717, 1.165) is 134 Å². The Bertz CT molecular complexity index is 4980. The van der Waals surface area contributed by atoms with Crippen LogP contribution in [-0.2, 0) is 86.2 Å². The molecule has 0 aliphatic carbocycles. The number of amides is 6. The van der Waals surface area contributed by atoms with Crippen molar-refractivity contribution in [3.05, 3.63) is 209 Å². The number of piperidine rings is 4. The van der Waals surface area contributed by atoms with Crippen LogP contribution in [0.4, 0.5) is 52.7 Å². The molecule has 8 aliphatic rings. The normalized spacial score (nSPS) is 18.0. The first kappa shape index (κ1) is 89.4. The Morgan fingerprint density at radius 2 is 0.574 bits per heavy atom. The van der Waals surface area contributed by atoms with Crippen molar-refractivity contribution in [3.8, 4) is 0 Å². The summed E-state index contributed by atoms with van der Waals surface area (Å²) in [6, 6.07) is 22.9. The molecule has 0 unspecified atom stereocenters. The maximum absolute atomic E-state index is 13.4. The third-order valence-corrected chi connectivity index (χ3v) is 25.0. The summed E-state index contributed by atoms with van der Waals surface area (Å²) in [6.45, 7) is 18.5. The number of nitrogens with one attached hydrogen (secondary N) is 4. The molecule has 22 nitrogen and oxygen atoms in total. The van der Waals surface area contributed by atoms with Crippen LogP contribution in [0, 0.1) is 0 Å². The van der Waals surface area contributed by atoms with Gasteiger partial charge in [-0.05, 0) is 160 Å². The molecule has 0 radical (unpaired) electrons. The Balaban J connectivity index is 0.000000140. The van der Waals surface area contributed by atoms with E-state index in [1.54, 1.807) is 78.8 Å². The highest BCUT2D eigenvalue weighted by Gasteiger charge is 2.43. The third kappa shape index (κ3) is 20.4. The second-order valence-electron chi connectivity index (χ2n) is 32.6. The molecule has 4 N–H and O–H groups in total. The average Bonchev–Trinajstić information content (AvgIpc) is 1.70. The van der Waals surface area contributed by atoms with Crippen LogP contribution in [-0.4, -0.2) is 207 Å². The number of carbonyl (C=O) groups is 6. The lowest BCUT2D eigenvalue weighted by molar-refractivity contribution is -0.139. The number of alkyl halides is 12. The minimum absolute atomic E-state index is 0.0365. The molecule has 0 saturated carbocycles. The van der Waals surface area contributed by atoms with Gasteiger partial charge in [-0.3, -0.25) is 59.0 Å². The number of fused-ring (bicyclic) bond motifs is 4. The van der Waals surface area contributed by atoms with Crippen molar-refractivity contribution in [2.24, 2.45) is 0 Å². The fourth-order valence-corrected chi connectivity index (χ4v) is 18.6.